The van der Waals surface area contributed by atoms with E-state index in [0.29, 0.717) is 4.77 Å². The normalized spacial score (nSPS) is 21.3. The Morgan fingerprint density at radius 3 is 2.93 bits per heavy atom. The van der Waals surface area contributed by atoms with Crippen molar-refractivity contribution in [2.75, 3.05) is 0 Å². The second kappa shape index (κ2) is 3.57. The first-order valence-electron chi connectivity index (χ1n) is 4.79. The van der Waals surface area contributed by atoms with Gasteiger partial charge in [0.25, 0.3) is 0 Å². The first-order chi connectivity index (χ1) is 6.68. The second-order valence-corrected chi connectivity index (χ2v) is 4.08. The summed E-state index contributed by atoms with van der Waals surface area (Å²) in [5.74, 6) is -0.459. The van der Waals surface area contributed by atoms with E-state index in [9.17, 15) is 4.79 Å². The SMILES string of the molecule is NC(=O)C1CCCCc2[nH]c(=S)[nH]c21. The molecule has 0 saturated heterocycles. The Bertz CT molecular complexity index is 406. The minimum Gasteiger partial charge on any atom is -0.369 e. The average Bonchev–Trinajstić information content (AvgIpc) is 2.35. The molecule has 76 valence electrons. The summed E-state index contributed by atoms with van der Waals surface area (Å²) in [6.45, 7) is 0. The van der Waals surface area contributed by atoms with Gasteiger partial charge in [0.1, 0.15) is 0 Å². The number of imidazole rings is 1. The fourth-order valence-corrected chi connectivity index (χ4v) is 2.24. The van der Waals surface area contributed by atoms with E-state index in [0.717, 1.165) is 37.1 Å². The van der Waals surface area contributed by atoms with Gasteiger partial charge in [0, 0.05) is 11.4 Å². The van der Waals surface area contributed by atoms with Crippen LogP contribution in [0.2, 0.25) is 0 Å². The van der Waals surface area contributed by atoms with E-state index < -0.39 is 0 Å². The van der Waals surface area contributed by atoms with Gasteiger partial charge in [-0.3, -0.25) is 4.79 Å². The maximum atomic E-state index is 11.2. The summed E-state index contributed by atoms with van der Waals surface area (Å²) in [6, 6.07) is 0. The van der Waals surface area contributed by atoms with E-state index in [2.05, 4.69) is 9.97 Å². The largest absolute Gasteiger partial charge is 0.369 e. The highest BCUT2D eigenvalue weighted by molar-refractivity contribution is 7.71. The molecule has 4 nitrogen and oxygen atoms in total. The first kappa shape index (κ1) is 9.45. The Hall–Kier alpha value is -1.10. The number of nitrogens with two attached hydrogens (primary N) is 1. The van der Waals surface area contributed by atoms with Crippen LogP contribution in [0.1, 0.15) is 36.6 Å². The van der Waals surface area contributed by atoms with Gasteiger partial charge in [0.2, 0.25) is 5.91 Å². The number of carbonyl (C=O) groups is 1. The molecule has 1 amide bonds. The molecule has 0 aromatic carbocycles. The van der Waals surface area contributed by atoms with E-state index in [1.165, 1.54) is 0 Å². The Labute approximate surface area is 86.9 Å². The number of hydrogen-bond donors (Lipinski definition) is 3. The molecular weight excluding hydrogens is 198 g/mol. The Morgan fingerprint density at radius 2 is 2.21 bits per heavy atom. The number of rotatable bonds is 1. The summed E-state index contributed by atoms with van der Waals surface area (Å²) in [5.41, 5.74) is 7.31. The average molecular weight is 211 g/mol. The summed E-state index contributed by atoms with van der Waals surface area (Å²) in [4.78, 5) is 17.3. The van der Waals surface area contributed by atoms with Gasteiger partial charge in [-0.05, 0) is 31.5 Å². The fraction of sp³-hybridized carbons (Fsp3) is 0.556. The summed E-state index contributed by atoms with van der Waals surface area (Å²) in [7, 11) is 0. The van der Waals surface area contributed by atoms with Gasteiger partial charge in [-0.2, -0.15) is 0 Å². The number of amides is 1. The van der Waals surface area contributed by atoms with Crippen molar-refractivity contribution in [2.45, 2.75) is 31.6 Å². The smallest absolute Gasteiger partial charge is 0.226 e. The number of carbonyl (C=O) groups excluding carboxylic acids is 1. The molecular formula is C9H13N3OS. The lowest BCUT2D eigenvalue weighted by molar-refractivity contribution is -0.119. The lowest BCUT2D eigenvalue weighted by Gasteiger charge is -2.08. The quantitative estimate of drug-likeness (QED) is 0.485. The van der Waals surface area contributed by atoms with E-state index in [1.54, 1.807) is 0 Å². The molecule has 1 aromatic rings. The highest BCUT2D eigenvalue weighted by atomic mass is 32.1. The molecule has 2 rings (SSSR count). The van der Waals surface area contributed by atoms with Gasteiger partial charge in [0.05, 0.1) is 5.92 Å². The molecule has 1 unspecified atom stereocenters. The number of aromatic nitrogens is 2. The number of aromatic amines is 2. The number of fused-ring (bicyclic) bond motifs is 1. The van der Waals surface area contributed by atoms with Crippen molar-refractivity contribution in [1.29, 1.82) is 0 Å². The van der Waals surface area contributed by atoms with Gasteiger partial charge in [-0.1, -0.05) is 6.42 Å². The molecule has 0 radical (unpaired) electrons. The zero-order valence-electron chi connectivity index (χ0n) is 7.80. The maximum absolute atomic E-state index is 11.2. The van der Waals surface area contributed by atoms with Crippen LogP contribution in [0.25, 0.3) is 0 Å². The minimum atomic E-state index is -0.265. The Morgan fingerprint density at radius 1 is 1.43 bits per heavy atom. The summed E-state index contributed by atoms with van der Waals surface area (Å²) >= 11 is 5.00. The molecule has 4 N–H and O–H groups in total. The van der Waals surface area contributed by atoms with Crippen LogP contribution in [-0.4, -0.2) is 15.9 Å². The zero-order chi connectivity index (χ0) is 10.1. The molecule has 0 saturated carbocycles. The molecule has 1 aliphatic carbocycles. The molecule has 0 aliphatic heterocycles. The van der Waals surface area contributed by atoms with Gasteiger partial charge in [-0.25, -0.2) is 0 Å². The summed E-state index contributed by atoms with van der Waals surface area (Å²) in [6.07, 6.45) is 3.90. The van der Waals surface area contributed by atoms with Crippen LogP contribution in [0.4, 0.5) is 0 Å². The van der Waals surface area contributed by atoms with Crippen molar-refractivity contribution in [2.24, 2.45) is 5.73 Å². The summed E-state index contributed by atoms with van der Waals surface area (Å²) in [5, 5.41) is 0. The van der Waals surface area contributed by atoms with Gasteiger partial charge >= 0.3 is 0 Å². The van der Waals surface area contributed by atoms with Crippen LogP contribution in [0.15, 0.2) is 0 Å². The predicted octanol–water partition coefficient (Wildman–Crippen LogP) is 1.37. The van der Waals surface area contributed by atoms with E-state index in [4.69, 9.17) is 18.0 Å². The van der Waals surface area contributed by atoms with Crippen LogP contribution in [0.5, 0.6) is 0 Å². The number of aryl methyl sites for hydroxylation is 1. The van der Waals surface area contributed by atoms with Crippen LogP contribution < -0.4 is 5.73 Å². The van der Waals surface area contributed by atoms with Crippen molar-refractivity contribution in [3.63, 3.8) is 0 Å². The Kier molecular flexibility index (Phi) is 2.41. The monoisotopic (exact) mass is 211 g/mol. The standard InChI is InChI=1S/C9H13N3OS/c10-8(13)5-3-1-2-4-6-7(5)12-9(14)11-6/h5H,1-4H2,(H2,10,13)(H2,11,12,14). The number of primary amides is 1. The Balaban J connectivity index is 2.46. The molecule has 1 aromatic heterocycles. The van der Waals surface area contributed by atoms with Gasteiger partial charge in [0.15, 0.2) is 4.77 Å². The van der Waals surface area contributed by atoms with E-state index >= 15 is 0 Å². The molecule has 0 fully saturated rings. The van der Waals surface area contributed by atoms with Gasteiger partial charge in [-0.15, -0.1) is 0 Å². The van der Waals surface area contributed by atoms with Crippen LogP contribution in [0, 0.1) is 4.77 Å². The van der Waals surface area contributed by atoms with Crippen LogP contribution >= 0.6 is 12.2 Å². The first-order valence-corrected chi connectivity index (χ1v) is 5.19. The fourth-order valence-electron chi connectivity index (χ4n) is 2.01. The third-order valence-electron chi connectivity index (χ3n) is 2.70. The number of hydrogen-bond acceptors (Lipinski definition) is 2. The minimum absolute atomic E-state index is 0.194. The van der Waals surface area contributed by atoms with Crippen molar-refractivity contribution in [3.05, 3.63) is 16.2 Å². The highest BCUT2D eigenvalue weighted by Gasteiger charge is 2.24. The number of nitrogens with one attached hydrogen (secondary N) is 2. The second-order valence-electron chi connectivity index (χ2n) is 3.67. The third-order valence-corrected chi connectivity index (χ3v) is 2.90. The zero-order valence-corrected chi connectivity index (χ0v) is 8.62. The molecule has 1 heterocycles. The van der Waals surface area contributed by atoms with Crippen molar-refractivity contribution < 1.29 is 4.79 Å². The highest BCUT2D eigenvalue weighted by Crippen LogP contribution is 2.27. The lowest BCUT2D eigenvalue weighted by atomic mass is 10.00. The van der Waals surface area contributed by atoms with Crippen molar-refractivity contribution in [1.82, 2.24) is 9.97 Å². The molecule has 0 bridgehead atoms. The maximum Gasteiger partial charge on any atom is 0.226 e. The van der Waals surface area contributed by atoms with Gasteiger partial charge < -0.3 is 15.7 Å². The van der Waals surface area contributed by atoms with Crippen LogP contribution in [0.3, 0.4) is 0 Å². The topological polar surface area (TPSA) is 74.7 Å². The predicted molar refractivity (Wildman–Crippen MR) is 55.5 cm³/mol. The molecule has 1 aliphatic rings. The molecule has 1 atom stereocenters. The third kappa shape index (κ3) is 1.59. The lowest BCUT2D eigenvalue weighted by Crippen LogP contribution is -2.21. The van der Waals surface area contributed by atoms with Crippen molar-refractivity contribution >= 4 is 18.1 Å². The molecule has 14 heavy (non-hydrogen) atoms. The number of H-pyrrole nitrogens is 2. The molecule has 5 heteroatoms. The van der Waals surface area contributed by atoms with E-state index in [1.807, 2.05) is 0 Å². The van der Waals surface area contributed by atoms with E-state index in [-0.39, 0.29) is 11.8 Å². The molecule has 0 spiro atoms. The van der Waals surface area contributed by atoms with Crippen molar-refractivity contribution in [3.8, 4) is 0 Å². The summed E-state index contributed by atoms with van der Waals surface area (Å²) < 4.78 is 0.586. The van der Waals surface area contributed by atoms with Crippen LogP contribution in [-0.2, 0) is 11.2 Å².